The Balaban J connectivity index is 0.00000176. The van der Waals surface area contributed by atoms with E-state index in [-0.39, 0.29) is 24.4 Å². The zero-order chi connectivity index (χ0) is 14.7. The molecule has 3 rings (SSSR count). The van der Waals surface area contributed by atoms with Gasteiger partial charge in [-0.05, 0) is 30.7 Å². The number of anilines is 1. The van der Waals surface area contributed by atoms with Gasteiger partial charge in [0.25, 0.3) is 0 Å². The molecule has 0 aliphatic carbocycles. The fraction of sp³-hybridized carbons (Fsp3) is 0.308. The lowest BCUT2D eigenvalue weighted by Crippen LogP contribution is -2.35. The summed E-state index contributed by atoms with van der Waals surface area (Å²) in [6.45, 7) is 0.468. The number of amides is 1. The summed E-state index contributed by atoms with van der Waals surface area (Å²) < 4.78 is 0.885. The zero-order valence-electron chi connectivity index (χ0n) is 11.4. The van der Waals surface area contributed by atoms with Gasteiger partial charge in [-0.15, -0.1) is 22.6 Å². The molecular formula is C13H15ClN4O2S2. The first-order chi connectivity index (χ1) is 10.2. The van der Waals surface area contributed by atoms with Gasteiger partial charge >= 0.3 is 0 Å². The van der Waals surface area contributed by atoms with Crippen LogP contribution in [0.4, 0.5) is 5.69 Å². The zero-order valence-corrected chi connectivity index (χ0v) is 13.9. The Hall–Kier alpha value is -1.19. The third-order valence-electron chi connectivity index (χ3n) is 3.09. The van der Waals surface area contributed by atoms with Crippen LogP contribution in [0.5, 0.6) is 0 Å². The summed E-state index contributed by atoms with van der Waals surface area (Å²) in [5.74, 6) is -0.115. The molecule has 1 saturated heterocycles. The topological polar surface area (TPSA) is 87.1 Å². The Kier molecular flexibility index (Phi) is 6.16. The van der Waals surface area contributed by atoms with Gasteiger partial charge in [-0.1, -0.05) is 23.1 Å². The quantitative estimate of drug-likeness (QED) is 0.772. The second kappa shape index (κ2) is 7.89. The van der Waals surface area contributed by atoms with Crippen molar-refractivity contribution in [1.29, 1.82) is 0 Å². The van der Waals surface area contributed by atoms with Crippen molar-refractivity contribution in [3.63, 3.8) is 0 Å². The summed E-state index contributed by atoms with van der Waals surface area (Å²) in [6.07, 6.45) is 0.0167. The molecule has 6 nitrogen and oxygen atoms in total. The van der Waals surface area contributed by atoms with Crippen molar-refractivity contribution < 1.29 is 9.90 Å². The SMILES string of the molecule is Cl.O=C(Nc1ccc(Sc2nncs2)cc1)C1CC(O)CN1. The normalized spacial score (nSPS) is 20.4. The molecule has 1 aromatic carbocycles. The van der Waals surface area contributed by atoms with Crippen LogP contribution >= 0.6 is 35.5 Å². The predicted octanol–water partition coefficient (Wildman–Crippen LogP) is 1.77. The summed E-state index contributed by atoms with van der Waals surface area (Å²) >= 11 is 3.02. The smallest absolute Gasteiger partial charge is 0.241 e. The second-order valence-corrected chi connectivity index (χ2v) is 6.82. The number of aromatic nitrogens is 2. The molecule has 9 heteroatoms. The number of carbonyl (C=O) groups is 1. The predicted molar refractivity (Wildman–Crippen MR) is 88.8 cm³/mol. The molecule has 1 fully saturated rings. The summed E-state index contributed by atoms with van der Waals surface area (Å²) in [4.78, 5) is 13.0. The van der Waals surface area contributed by atoms with Gasteiger partial charge in [0.2, 0.25) is 5.91 Å². The van der Waals surface area contributed by atoms with Gasteiger partial charge in [-0.25, -0.2) is 0 Å². The molecule has 1 aliphatic heterocycles. The molecule has 1 aliphatic rings. The number of carbonyl (C=O) groups excluding carboxylic acids is 1. The van der Waals surface area contributed by atoms with Crippen LogP contribution in [0.15, 0.2) is 39.0 Å². The third-order valence-corrected chi connectivity index (χ3v) is 4.88. The number of aliphatic hydroxyl groups is 1. The Labute approximate surface area is 142 Å². The van der Waals surface area contributed by atoms with Crippen molar-refractivity contribution in [2.45, 2.75) is 27.8 Å². The van der Waals surface area contributed by atoms with Crippen molar-refractivity contribution in [3.8, 4) is 0 Å². The van der Waals surface area contributed by atoms with Gasteiger partial charge in [-0.3, -0.25) is 4.79 Å². The second-order valence-electron chi connectivity index (χ2n) is 4.67. The van der Waals surface area contributed by atoms with Gasteiger partial charge in [0.1, 0.15) is 5.51 Å². The molecule has 118 valence electrons. The van der Waals surface area contributed by atoms with E-state index in [0.717, 1.165) is 14.9 Å². The highest BCUT2D eigenvalue weighted by atomic mass is 35.5. The van der Waals surface area contributed by atoms with E-state index in [2.05, 4.69) is 20.8 Å². The van der Waals surface area contributed by atoms with Crippen LogP contribution in [-0.4, -0.2) is 39.9 Å². The maximum atomic E-state index is 12.0. The molecule has 2 aromatic rings. The molecule has 1 aromatic heterocycles. The lowest BCUT2D eigenvalue weighted by Gasteiger charge is -2.11. The number of halogens is 1. The van der Waals surface area contributed by atoms with E-state index >= 15 is 0 Å². The van der Waals surface area contributed by atoms with Crippen LogP contribution in [0.3, 0.4) is 0 Å². The average molecular weight is 359 g/mol. The Morgan fingerprint density at radius 1 is 1.41 bits per heavy atom. The molecule has 22 heavy (non-hydrogen) atoms. The molecule has 3 N–H and O–H groups in total. The monoisotopic (exact) mass is 358 g/mol. The van der Waals surface area contributed by atoms with Crippen LogP contribution in [-0.2, 0) is 4.79 Å². The summed E-state index contributed by atoms with van der Waals surface area (Å²) in [5, 5.41) is 23.0. The Morgan fingerprint density at radius 2 is 2.18 bits per heavy atom. The fourth-order valence-corrected chi connectivity index (χ4v) is 3.51. The highest BCUT2D eigenvalue weighted by Crippen LogP contribution is 2.29. The lowest BCUT2D eigenvalue weighted by atomic mass is 10.2. The first-order valence-electron chi connectivity index (χ1n) is 6.47. The number of rotatable bonds is 4. The molecule has 2 heterocycles. The number of benzene rings is 1. The van der Waals surface area contributed by atoms with Gasteiger partial charge < -0.3 is 15.7 Å². The molecular weight excluding hydrogens is 344 g/mol. The van der Waals surface area contributed by atoms with Crippen molar-refractivity contribution in [1.82, 2.24) is 15.5 Å². The minimum absolute atomic E-state index is 0. The van der Waals surface area contributed by atoms with Gasteiger partial charge in [0.05, 0.1) is 12.1 Å². The van der Waals surface area contributed by atoms with E-state index in [1.54, 1.807) is 5.51 Å². The van der Waals surface area contributed by atoms with Crippen LogP contribution < -0.4 is 10.6 Å². The summed E-state index contributed by atoms with van der Waals surface area (Å²) in [6, 6.07) is 7.24. The standard InChI is InChI=1S/C13H14N4O2S2.ClH/c18-9-5-11(14-6-9)12(19)16-8-1-3-10(4-2-8)21-13-17-15-7-20-13;/h1-4,7,9,11,14,18H,5-6H2,(H,16,19);1H. The highest BCUT2D eigenvalue weighted by molar-refractivity contribution is 8.01. The number of hydrogen-bond acceptors (Lipinski definition) is 7. The number of nitrogens with one attached hydrogen (secondary N) is 2. The maximum absolute atomic E-state index is 12.0. The largest absolute Gasteiger partial charge is 0.392 e. The van der Waals surface area contributed by atoms with Crippen molar-refractivity contribution in [2.75, 3.05) is 11.9 Å². The number of aliphatic hydroxyl groups excluding tert-OH is 1. The molecule has 2 atom stereocenters. The van der Waals surface area contributed by atoms with Crippen LogP contribution in [0.2, 0.25) is 0 Å². The third kappa shape index (κ3) is 4.40. The van der Waals surface area contributed by atoms with Gasteiger partial charge in [0, 0.05) is 17.1 Å². The van der Waals surface area contributed by atoms with Crippen LogP contribution in [0.25, 0.3) is 0 Å². The first-order valence-corrected chi connectivity index (χ1v) is 8.17. The number of β-amino-alcohol motifs (C(OH)–C–C–N with tert-alkyl or cyclic N) is 1. The highest BCUT2D eigenvalue weighted by Gasteiger charge is 2.27. The molecule has 0 saturated carbocycles. The molecule has 0 radical (unpaired) electrons. The first kappa shape index (κ1) is 17.2. The molecule has 2 unspecified atom stereocenters. The fourth-order valence-electron chi connectivity index (χ4n) is 2.06. The summed E-state index contributed by atoms with van der Waals surface area (Å²) in [7, 11) is 0. The average Bonchev–Trinajstić information content (AvgIpc) is 3.12. The van der Waals surface area contributed by atoms with E-state index in [1.165, 1.54) is 23.1 Å². The van der Waals surface area contributed by atoms with Crippen LogP contribution in [0.1, 0.15) is 6.42 Å². The van der Waals surface area contributed by atoms with E-state index in [1.807, 2.05) is 24.3 Å². The van der Waals surface area contributed by atoms with Gasteiger partial charge in [-0.2, -0.15) is 0 Å². The maximum Gasteiger partial charge on any atom is 0.241 e. The van der Waals surface area contributed by atoms with Crippen LogP contribution in [0, 0.1) is 0 Å². The summed E-state index contributed by atoms with van der Waals surface area (Å²) in [5.41, 5.74) is 2.43. The van der Waals surface area contributed by atoms with E-state index in [0.29, 0.717) is 13.0 Å². The lowest BCUT2D eigenvalue weighted by molar-refractivity contribution is -0.117. The van der Waals surface area contributed by atoms with E-state index in [9.17, 15) is 9.90 Å². The van der Waals surface area contributed by atoms with Crippen molar-refractivity contribution in [3.05, 3.63) is 29.8 Å². The van der Waals surface area contributed by atoms with E-state index < -0.39 is 6.10 Å². The molecule has 0 spiro atoms. The van der Waals surface area contributed by atoms with Crippen molar-refractivity contribution in [2.24, 2.45) is 0 Å². The van der Waals surface area contributed by atoms with E-state index in [4.69, 9.17) is 0 Å². The number of nitrogens with zero attached hydrogens (tertiary/aromatic N) is 2. The number of hydrogen-bond donors (Lipinski definition) is 3. The van der Waals surface area contributed by atoms with Gasteiger partial charge in [0.15, 0.2) is 4.34 Å². The Bertz CT molecular complexity index is 609. The Morgan fingerprint density at radius 3 is 2.77 bits per heavy atom. The van der Waals surface area contributed by atoms with Crippen molar-refractivity contribution >= 4 is 47.1 Å². The molecule has 1 amide bonds. The molecule has 0 bridgehead atoms. The minimum Gasteiger partial charge on any atom is -0.392 e. The minimum atomic E-state index is -0.438.